The SMILES string of the molecule is CC(C)(C)c1ccnc(-n2c3ccccc3c3c(C(C)(C)C)cc(Oc4cccc(N5CN(c6cc(-c7ccccc7)cc(C(C)(C)c7ccccc7)c6)c6ccccc65)c4)cc32)c1. The van der Waals surface area contributed by atoms with Gasteiger partial charge in [0.15, 0.2) is 0 Å². The summed E-state index contributed by atoms with van der Waals surface area (Å²) in [6.45, 7) is 18.9. The van der Waals surface area contributed by atoms with Gasteiger partial charge < -0.3 is 14.5 Å². The molecule has 3 heterocycles. The predicted molar refractivity (Wildman–Crippen MR) is 269 cm³/mol. The summed E-state index contributed by atoms with van der Waals surface area (Å²) in [6.07, 6.45) is 1.94. The molecule has 0 N–H and O–H groups in total. The van der Waals surface area contributed by atoms with Crippen LogP contribution >= 0.6 is 0 Å². The second-order valence-electron chi connectivity index (χ2n) is 19.8. The molecule has 1 aliphatic rings. The standard InChI is InChI=1S/C59H56N4O/c1-57(2,3)43-30-31-60-55(35-43)63-51-27-16-15-26-49(51)56-50(58(4,5)6)37-48(38-54(56)63)64-47-25-19-24-45(36-47)61-39-62(53-29-18-17-28-52(53)61)46-33-41(40-20-11-9-12-21-40)32-44(34-46)59(7,8)42-22-13-10-14-23-42/h9-38H,39H2,1-8H3. The quantitative estimate of drug-likeness (QED) is 0.153. The second-order valence-corrected chi connectivity index (χ2v) is 19.8. The fraction of sp³-hybridized carbons (Fsp3) is 0.203. The molecule has 318 valence electrons. The highest BCUT2D eigenvalue weighted by Gasteiger charge is 2.31. The normalized spacial score (nSPS) is 13.2. The molecule has 7 aromatic carbocycles. The Labute approximate surface area is 378 Å². The minimum Gasteiger partial charge on any atom is -0.457 e. The second kappa shape index (κ2) is 15.6. The van der Waals surface area contributed by atoms with Gasteiger partial charge >= 0.3 is 0 Å². The molecule has 0 aliphatic carbocycles. The van der Waals surface area contributed by atoms with Crippen molar-refractivity contribution in [3.63, 3.8) is 0 Å². The monoisotopic (exact) mass is 836 g/mol. The molecule has 2 aromatic heterocycles. The van der Waals surface area contributed by atoms with Crippen molar-refractivity contribution in [3.8, 4) is 28.4 Å². The van der Waals surface area contributed by atoms with Gasteiger partial charge in [0.05, 0.1) is 22.4 Å². The number of pyridine rings is 1. The van der Waals surface area contributed by atoms with E-state index in [1.807, 2.05) is 6.20 Å². The minimum absolute atomic E-state index is 0.0202. The fourth-order valence-electron chi connectivity index (χ4n) is 9.43. The molecule has 5 heteroatoms. The molecule has 0 saturated heterocycles. The number of ether oxygens (including phenoxy) is 1. The van der Waals surface area contributed by atoms with E-state index in [1.165, 1.54) is 49.8 Å². The number of nitrogens with zero attached hydrogens (tertiary/aromatic N) is 4. The summed E-state index contributed by atoms with van der Waals surface area (Å²) in [5.41, 5.74) is 13.8. The Morgan fingerprint density at radius 2 is 1.14 bits per heavy atom. The lowest BCUT2D eigenvalue weighted by molar-refractivity contribution is 0.480. The largest absolute Gasteiger partial charge is 0.457 e. The molecule has 0 fully saturated rings. The molecule has 0 spiro atoms. The van der Waals surface area contributed by atoms with E-state index < -0.39 is 0 Å². The van der Waals surface area contributed by atoms with Crippen LogP contribution in [0.5, 0.6) is 11.5 Å². The smallest absolute Gasteiger partial charge is 0.137 e. The molecular weight excluding hydrogens is 781 g/mol. The van der Waals surface area contributed by atoms with Crippen molar-refractivity contribution in [2.24, 2.45) is 0 Å². The summed E-state index contributed by atoms with van der Waals surface area (Å²) in [5, 5.41) is 2.44. The van der Waals surface area contributed by atoms with Crippen LogP contribution in [0.2, 0.25) is 0 Å². The van der Waals surface area contributed by atoms with Gasteiger partial charge in [0, 0.05) is 45.9 Å². The number of hydrogen-bond donors (Lipinski definition) is 0. The first kappa shape index (κ1) is 40.9. The number of para-hydroxylation sites is 3. The number of benzene rings is 7. The molecule has 0 unspecified atom stereocenters. The van der Waals surface area contributed by atoms with Crippen LogP contribution in [0, 0.1) is 0 Å². The van der Waals surface area contributed by atoms with Crippen molar-refractivity contribution in [2.75, 3.05) is 16.5 Å². The summed E-state index contributed by atoms with van der Waals surface area (Å²) in [5.74, 6) is 2.47. The molecule has 0 amide bonds. The summed E-state index contributed by atoms with van der Waals surface area (Å²) >= 11 is 0. The first-order valence-corrected chi connectivity index (χ1v) is 22.5. The van der Waals surface area contributed by atoms with Gasteiger partial charge in [-0.05, 0) is 105 Å². The summed E-state index contributed by atoms with van der Waals surface area (Å²) in [4.78, 5) is 9.81. The molecule has 0 atom stereocenters. The van der Waals surface area contributed by atoms with Crippen LogP contribution in [-0.4, -0.2) is 16.2 Å². The van der Waals surface area contributed by atoms with Crippen molar-refractivity contribution in [1.29, 1.82) is 0 Å². The van der Waals surface area contributed by atoms with Crippen LogP contribution in [0.25, 0.3) is 38.8 Å². The van der Waals surface area contributed by atoms with E-state index in [0.29, 0.717) is 6.67 Å². The summed E-state index contributed by atoms with van der Waals surface area (Å²) in [7, 11) is 0. The van der Waals surface area contributed by atoms with Crippen molar-refractivity contribution >= 4 is 44.6 Å². The zero-order chi connectivity index (χ0) is 44.4. The maximum absolute atomic E-state index is 6.97. The molecule has 10 rings (SSSR count). The lowest BCUT2D eigenvalue weighted by atomic mass is 9.77. The van der Waals surface area contributed by atoms with Gasteiger partial charge in [-0.15, -0.1) is 0 Å². The predicted octanol–water partition coefficient (Wildman–Crippen LogP) is 15.8. The van der Waals surface area contributed by atoms with Gasteiger partial charge in [-0.1, -0.05) is 159 Å². The highest BCUT2D eigenvalue weighted by atomic mass is 16.5. The molecule has 0 radical (unpaired) electrons. The minimum atomic E-state index is -0.220. The zero-order valence-electron chi connectivity index (χ0n) is 38.2. The molecule has 1 aliphatic heterocycles. The van der Waals surface area contributed by atoms with Crippen LogP contribution in [0.1, 0.15) is 77.6 Å². The Kier molecular flexibility index (Phi) is 9.98. The Morgan fingerprint density at radius 3 is 1.86 bits per heavy atom. The van der Waals surface area contributed by atoms with Crippen LogP contribution in [0.4, 0.5) is 22.7 Å². The first-order valence-electron chi connectivity index (χ1n) is 22.5. The van der Waals surface area contributed by atoms with Crippen molar-refractivity contribution in [2.45, 2.75) is 71.6 Å². The van der Waals surface area contributed by atoms with Crippen LogP contribution in [0.15, 0.2) is 182 Å². The van der Waals surface area contributed by atoms with Crippen molar-refractivity contribution in [1.82, 2.24) is 9.55 Å². The van der Waals surface area contributed by atoms with E-state index in [-0.39, 0.29) is 16.2 Å². The highest BCUT2D eigenvalue weighted by Crippen LogP contribution is 2.48. The van der Waals surface area contributed by atoms with E-state index >= 15 is 0 Å². The Hall–Kier alpha value is -7.11. The van der Waals surface area contributed by atoms with E-state index in [9.17, 15) is 0 Å². The van der Waals surface area contributed by atoms with Gasteiger partial charge in [0.25, 0.3) is 0 Å². The third-order valence-electron chi connectivity index (χ3n) is 13.1. The van der Waals surface area contributed by atoms with Crippen molar-refractivity contribution < 1.29 is 4.74 Å². The van der Waals surface area contributed by atoms with Gasteiger partial charge in [0.1, 0.15) is 24.0 Å². The lowest BCUT2D eigenvalue weighted by Crippen LogP contribution is -2.25. The van der Waals surface area contributed by atoms with Crippen molar-refractivity contribution in [3.05, 3.63) is 204 Å². The topological polar surface area (TPSA) is 33.5 Å². The van der Waals surface area contributed by atoms with E-state index in [2.05, 4.69) is 246 Å². The number of hydrogen-bond acceptors (Lipinski definition) is 4. The van der Waals surface area contributed by atoms with E-state index in [1.54, 1.807) is 0 Å². The molecule has 5 nitrogen and oxygen atoms in total. The van der Waals surface area contributed by atoms with Gasteiger partial charge in [0.2, 0.25) is 0 Å². The maximum Gasteiger partial charge on any atom is 0.137 e. The Balaban J connectivity index is 1.05. The van der Waals surface area contributed by atoms with E-state index in [4.69, 9.17) is 9.72 Å². The maximum atomic E-state index is 6.97. The molecule has 64 heavy (non-hydrogen) atoms. The van der Waals surface area contributed by atoms with Crippen LogP contribution in [-0.2, 0) is 16.2 Å². The average Bonchev–Trinajstić information content (AvgIpc) is 3.85. The van der Waals surface area contributed by atoms with Crippen LogP contribution < -0.4 is 14.5 Å². The van der Waals surface area contributed by atoms with Gasteiger partial charge in [-0.3, -0.25) is 4.57 Å². The number of anilines is 4. The molecule has 9 aromatic rings. The lowest BCUT2D eigenvalue weighted by Gasteiger charge is -2.29. The number of fused-ring (bicyclic) bond motifs is 4. The average molecular weight is 837 g/mol. The third kappa shape index (κ3) is 7.39. The Morgan fingerprint density at radius 1 is 0.469 bits per heavy atom. The molecular formula is C59H56N4O. The molecule has 0 bridgehead atoms. The van der Waals surface area contributed by atoms with E-state index in [0.717, 1.165) is 45.4 Å². The fourth-order valence-corrected chi connectivity index (χ4v) is 9.43. The van der Waals surface area contributed by atoms with Gasteiger partial charge in [-0.2, -0.15) is 0 Å². The zero-order valence-corrected chi connectivity index (χ0v) is 38.2. The van der Waals surface area contributed by atoms with Gasteiger partial charge in [-0.25, -0.2) is 4.98 Å². The number of aromatic nitrogens is 2. The first-order chi connectivity index (χ1) is 30.7. The number of rotatable bonds is 8. The third-order valence-corrected chi connectivity index (χ3v) is 13.1. The Bertz CT molecular complexity index is 3170. The summed E-state index contributed by atoms with van der Waals surface area (Å²) < 4.78 is 9.29. The molecule has 0 saturated carbocycles. The highest BCUT2D eigenvalue weighted by molar-refractivity contribution is 6.11. The van der Waals surface area contributed by atoms with Crippen LogP contribution in [0.3, 0.4) is 0 Å². The summed E-state index contributed by atoms with van der Waals surface area (Å²) in [6, 6.07) is 63.4.